The van der Waals surface area contributed by atoms with Gasteiger partial charge in [-0.25, -0.2) is 13.4 Å². The van der Waals surface area contributed by atoms with Gasteiger partial charge in [0.05, 0.1) is 9.90 Å². The molecule has 0 atom stereocenters. The molecule has 3 aromatic rings. The van der Waals surface area contributed by atoms with E-state index < -0.39 is 10.0 Å². The normalized spacial score (nSPS) is 14.4. The van der Waals surface area contributed by atoms with Crippen LogP contribution in [-0.4, -0.2) is 25.4 Å². The minimum atomic E-state index is -3.69. The molecular formula is C21H20ClN3O4S2. The largest absolute Gasteiger partial charge is 0.439 e. The average Bonchev–Trinajstić information content (AvgIpc) is 3.42. The van der Waals surface area contributed by atoms with Crippen molar-refractivity contribution in [2.24, 2.45) is 0 Å². The minimum Gasteiger partial charge on any atom is -0.439 e. The molecule has 1 aliphatic carbocycles. The van der Waals surface area contributed by atoms with Crippen molar-refractivity contribution in [3.63, 3.8) is 0 Å². The highest BCUT2D eigenvalue weighted by molar-refractivity contribution is 7.94. The van der Waals surface area contributed by atoms with Gasteiger partial charge in [-0.1, -0.05) is 24.4 Å². The van der Waals surface area contributed by atoms with Crippen molar-refractivity contribution in [2.75, 3.05) is 4.72 Å². The Hall–Kier alpha value is -2.62. The average molecular weight is 478 g/mol. The molecule has 2 aromatic heterocycles. The lowest BCUT2D eigenvalue weighted by Gasteiger charge is -2.12. The van der Waals surface area contributed by atoms with E-state index >= 15 is 0 Å². The van der Waals surface area contributed by atoms with E-state index in [-0.39, 0.29) is 16.2 Å². The molecular weight excluding hydrogens is 458 g/mol. The van der Waals surface area contributed by atoms with Crippen LogP contribution in [0.2, 0.25) is 4.34 Å². The van der Waals surface area contributed by atoms with E-state index in [1.54, 1.807) is 36.4 Å². The molecule has 1 fully saturated rings. The third kappa shape index (κ3) is 5.55. The van der Waals surface area contributed by atoms with E-state index in [4.69, 9.17) is 16.3 Å². The van der Waals surface area contributed by atoms with Crippen molar-refractivity contribution < 1.29 is 17.9 Å². The number of aromatic nitrogens is 1. The van der Waals surface area contributed by atoms with Gasteiger partial charge in [-0.2, -0.15) is 0 Å². The molecule has 7 nitrogen and oxygen atoms in total. The van der Waals surface area contributed by atoms with Gasteiger partial charge in [0.25, 0.3) is 15.9 Å². The molecule has 1 aromatic carbocycles. The van der Waals surface area contributed by atoms with Gasteiger partial charge in [0.2, 0.25) is 5.88 Å². The summed E-state index contributed by atoms with van der Waals surface area (Å²) in [6, 6.07) is 13.0. The smallest absolute Gasteiger partial charge is 0.271 e. The number of benzene rings is 1. The summed E-state index contributed by atoms with van der Waals surface area (Å²) in [6.07, 6.45) is 5.83. The Kier molecular flexibility index (Phi) is 6.45. The first kappa shape index (κ1) is 21.6. The number of thiophene rings is 1. The Morgan fingerprint density at radius 1 is 1.06 bits per heavy atom. The molecule has 1 amide bonds. The molecule has 1 saturated carbocycles. The summed E-state index contributed by atoms with van der Waals surface area (Å²) in [7, 11) is -3.69. The maximum Gasteiger partial charge on any atom is 0.271 e. The van der Waals surface area contributed by atoms with Crippen LogP contribution in [0.1, 0.15) is 36.0 Å². The van der Waals surface area contributed by atoms with E-state index in [1.165, 1.54) is 18.3 Å². The van der Waals surface area contributed by atoms with Gasteiger partial charge in [-0.15, -0.1) is 11.3 Å². The van der Waals surface area contributed by atoms with Gasteiger partial charge in [-0.3, -0.25) is 9.52 Å². The molecule has 0 unspecified atom stereocenters. The first-order chi connectivity index (χ1) is 14.9. The number of nitrogens with zero attached hydrogens (tertiary/aromatic N) is 1. The highest BCUT2D eigenvalue weighted by Crippen LogP contribution is 2.28. The fourth-order valence-electron chi connectivity index (χ4n) is 3.27. The Balaban J connectivity index is 1.36. The predicted molar refractivity (Wildman–Crippen MR) is 121 cm³/mol. The number of rotatable bonds is 7. The maximum atomic E-state index is 12.4. The number of hydrogen-bond acceptors (Lipinski definition) is 6. The fraction of sp³-hybridized carbons (Fsp3) is 0.238. The molecule has 4 rings (SSSR count). The van der Waals surface area contributed by atoms with Crippen LogP contribution in [-0.2, 0) is 10.0 Å². The number of halogens is 1. The molecule has 0 spiro atoms. The molecule has 2 heterocycles. The van der Waals surface area contributed by atoms with Gasteiger partial charge in [0.1, 0.15) is 9.96 Å². The third-order valence-electron chi connectivity index (χ3n) is 4.83. The molecule has 10 heteroatoms. The number of sulfonamides is 1. The molecule has 0 radical (unpaired) electrons. The van der Waals surface area contributed by atoms with Gasteiger partial charge in [0, 0.05) is 24.0 Å². The molecule has 0 saturated heterocycles. The fourth-order valence-corrected chi connectivity index (χ4v) is 5.81. The first-order valence-electron chi connectivity index (χ1n) is 9.72. The van der Waals surface area contributed by atoms with Gasteiger partial charge >= 0.3 is 0 Å². The number of ether oxygens (including phenoxy) is 1. The van der Waals surface area contributed by atoms with Crippen LogP contribution < -0.4 is 14.8 Å². The number of carbonyl (C=O) groups excluding carboxylic acids is 1. The van der Waals surface area contributed by atoms with E-state index in [0.717, 1.165) is 37.0 Å². The highest BCUT2D eigenvalue weighted by atomic mass is 35.5. The number of carbonyl (C=O) groups is 1. The van der Waals surface area contributed by atoms with Gasteiger partial charge < -0.3 is 10.1 Å². The van der Waals surface area contributed by atoms with Crippen LogP contribution in [0, 0.1) is 0 Å². The summed E-state index contributed by atoms with van der Waals surface area (Å²) in [4.78, 5) is 16.5. The Morgan fingerprint density at radius 3 is 2.42 bits per heavy atom. The van der Waals surface area contributed by atoms with Crippen LogP contribution in [0.15, 0.2) is 58.9 Å². The number of anilines is 1. The van der Waals surface area contributed by atoms with E-state index in [0.29, 0.717) is 27.2 Å². The van der Waals surface area contributed by atoms with Crippen molar-refractivity contribution >= 4 is 44.6 Å². The standard InChI is InChI=1S/C21H20ClN3O4S2/c22-18-10-12-20(30-18)31(27,28)25-16-6-8-17(9-7-16)29-19-11-5-14(13-23-19)21(26)24-15-3-1-2-4-15/h5-13,15,25H,1-4H2,(H,24,26). The monoisotopic (exact) mass is 477 g/mol. The molecule has 0 aliphatic heterocycles. The Bertz CT molecular complexity index is 1160. The quantitative estimate of drug-likeness (QED) is 0.495. The second kappa shape index (κ2) is 9.25. The first-order valence-corrected chi connectivity index (χ1v) is 12.4. The SMILES string of the molecule is O=C(NC1CCCC1)c1ccc(Oc2ccc(NS(=O)(=O)c3ccc(Cl)s3)cc2)nc1. The van der Waals surface area contributed by atoms with Crippen molar-refractivity contribution in [1.29, 1.82) is 0 Å². The summed E-state index contributed by atoms with van der Waals surface area (Å²) in [5, 5.41) is 3.02. The van der Waals surface area contributed by atoms with Crippen LogP contribution in [0.4, 0.5) is 5.69 Å². The molecule has 2 N–H and O–H groups in total. The molecule has 0 bridgehead atoms. The van der Waals surface area contributed by atoms with Gasteiger partial charge in [-0.05, 0) is 55.3 Å². The van der Waals surface area contributed by atoms with Crippen LogP contribution in [0.3, 0.4) is 0 Å². The zero-order valence-corrected chi connectivity index (χ0v) is 18.8. The molecule has 162 valence electrons. The third-order valence-corrected chi connectivity index (χ3v) is 7.94. The molecule has 31 heavy (non-hydrogen) atoms. The second-order valence-corrected chi connectivity index (χ2v) is 10.8. The lowest BCUT2D eigenvalue weighted by Crippen LogP contribution is -2.32. The summed E-state index contributed by atoms with van der Waals surface area (Å²) in [6.45, 7) is 0. The maximum absolute atomic E-state index is 12.4. The Morgan fingerprint density at radius 2 is 1.81 bits per heavy atom. The van der Waals surface area contributed by atoms with Crippen LogP contribution in [0.25, 0.3) is 0 Å². The number of amides is 1. The summed E-state index contributed by atoms with van der Waals surface area (Å²) in [5.41, 5.74) is 0.876. The zero-order valence-electron chi connectivity index (χ0n) is 16.4. The summed E-state index contributed by atoms with van der Waals surface area (Å²) >= 11 is 6.80. The van der Waals surface area contributed by atoms with Gasteiger partial charge in [0.15, 0.2) is 0 Å². The number of nitrogens with one attached hydrogen (secondary N) is 2. The van der Waals surface area contributed by atoms with Crippen molar-refractivity contribution in [3.8, 4) is 11.6 Å². The topological polar surface area (TPSA) is 97.4 Å². The predicted octanol–water partition coefficient (Wildman–Crippen LogP) is 5.06. The second-order valence-electron chi connectivity index (χ2n) is 7.13. The van der Waals surface area contributed by atoms with Crippen LogP contribution >= 0.6 is 22.9 Å². The van der Waals surface area contributed by atoms with Crippen molar-refractivity contribution in [3.05, 3.63) is 64.6 Å². The van der Waals surface area contributed by atoms with Crippen molar-refractivity contribution in [1.82, 2.24) is 10.3 Å². The minimum absolute atomic E-state index is 0.130. The number of hydrogen-bond donors (Lipinski definition) is 2. The lowest BCUT2D eigenvalue weighted by atomic mass is 10.2. The lowest BCUT2D eigenvalue weighted by molar-refractivity contribution is 0.0937. The van der Waals surface area contributed by atoms with Crippen LogP contribution in [0.5, 0.6) is 11.6 Å². The zero-order chi connectivity index (χ0) is 21.8. The van der Waals surface area contributed by atoms with Crippen molar-refractivity contribution in [2.45, 2.75) is 35.9 Å². The van der Waals surface area contributed by atoms with E-state index in [9.17, 15) is 13.2 Å². The van der Waals surface area contributed by atoms with E-state index in [2.05, 4.69) is 15.0 Å². The molecule has 1 aliphatic rings. The summed E-state index contributed by atoms with van der Waals surface area (Å²) in [5.74, 6) is 0.686. The highest BCUT2D eigenvalue weighted by Gasteiger charge is 2.18. The number of pyridine rings is 1. The Labute approximate surface area is 189 Å². The van der Waals surface area contributed by atoms with E-state index in [1.807, 2.05) is 0 Å². The summed E-state index contributed by atoms with van der Waals surface area (Å²) < 4.78 is 33.4.